The van der Waals surface area contributed by atoms with E-state index in [9.17, 15) is 13.2 Å². The van der Waals surface area contributed by atoms with Crippen LogP contribution in [-0.4, -0.2) is 45.5 Å². The van der Waals surface area contributed by atoms with Gasteiger partial charge in [0, 0.05) is 13.0 Å². The van der Waals surface area contributed by atoms with Crippen LogP contribution < -0.4 is 10.6 Å². The molecule has 0 atom stereocenters. The van der Waals surface area contributed by atoms with Crippen molar-refractivity contribution in [3.05, 3.63) is 0 Å². The van der Waals surface area contributed by atoms with Crippen LogP contribution in [0.1, 0.15) is 38.5 Å². The SMILES string of the molecule is CNCCCNC(=O)CCS(=O)(=O)C1CCCC1.Cl. The lowest BCUT2D eigenvalue weighted by Gasteiger charge is -2.10. The third-order valence-corrected chi connectivity index (χ3v) is 5.61. The molecule has 114 valence electrons. The molecule has 0 unspecified atom stereocenters. The Morgan fingerprint density at radius 2 is 1.84 bits per heavy atom. The monoisotopic (exact) mass is 312 g/mol. The minimum atomic E-state index is -3.06. The number of sulfone groups is 1. The summed E-state index contributed by atoms with van der Waals surface area (Å²) in [6.07, 6.45) is 4.49. The van der Waals surface area contributed by atoms with E-state index in [1.54, 1.807) is 0 Å². The van der Waals surface area contributed by atoms with Crippen molar-refractivity contribution >= 4 is 28.2 Å². The van der Waals surface area contributed by atoms with Crippen LogP contribution in [0.4, 0.5) is 0 Å². The van der Waals surface area contributed by atoms with Gasteiger partial charge in [-0.3, -0.25) is 4.79 Å². The fraction of sp³-hybridized carbons (Fsp3) is 0.917. The van der Waals surface area contributed by atoms with Crippen LogP contribution in [0.5, 0.6) is 0 Å². The van der Waals surface area contributed by atoms with Crippen molar-refractivity contribution in [1.82, 2.24) is 10.6 Å². The molecule has 1 saturated carbocycles. The Balaban J connectivity index is 0.00000324. The van der Waals surface area contributed by atoms with Crippen LogP contribution in [0.2, 0.25) is 0 Å². The van der Waals surface area contributed by atoms with Gasteiger partial charge in [-0.25, -0.2) is 8.42 Å². The molecule has 5 nitrogen and oxygen atoms in total. The Morgan fingerprint density at radius 3 is 2.42 bits per heavy atom. The zero-order valence-corrected chi connectivity index (χ0v) is 13.1. The van der Waals surface area contributed by atoms with Crippen molar-refractivity contribution in [2.24, 2.45) is 0 Å². The number of amides is 1. The van der Waals surface area contributed by atoms with E-state index in [-0.39, 0.29) is 35.7 Å². The van der Waals surface area contributed by atoms with E-state index >= 15 is 0 Å². The molecule has 7 heteroatoms. The first-order valence-corrected chi connectivity index (χ1v) is 8.40. The van der Waals surface area contributed by atoms with E-state index in [2.05, 4.69) is 10.6 Å². The highest BCUT2D eigenvalue weighted by Crippen LogP contribution is 2.25. The van der Waals surface area contributed by atoms with E-state index in [4.69, 9.17) is 0 Å². The third-order valence-electron chi connectivity index (χ3n) is 3.35. The largest absolute Gasteiger partial charge is 0.356 e. The highest BCUT2D eigenvalue weighted by Gasteiger charge is 2.28. The molecule has 0 heterocycles. The van der Waals surface area contributed by atoms with Crippen molar-refractivity contribution in [3.8, 4) is 0 Å². The fourth-order valence-electron chi connectivity index (χ4n) is 2.23. The number of hydrogen-bond acceptors (Lipinski definition) is 4. The van der Waals surface area contributed by atoms with Gasteiger partial charge in [-0.2, -0.15) is 0 Å². The number of nitrogens with one attached hydrogen (secondary N) is 2. The van der Waals surface area contributed by atoms with Gasteiger partial charge in [0.1, 0.15) is 0 Å². The first kappa shape index (κ1) is 18.7. The maximum Gasteiger partial charge on any atom is 0.221 e. The number of carbonyl (C=O) groups excluding carboxylic acids is 1. The van der Waals surface area contributed by atoms with E-state index in [0.29, 0.717) is 6.54 Å². The molecule has 1 aliphatic carbocycles. The number of rotatable bonds is 8. The van der Waals surface area contributed by atoms with Gasteiger partial charge in [0.2, 0.25) is 5.91 Å². The zero-order chi connectivity index (χ0) is 13.4. The zero-order valence-electron chi connectivity index (χ0n) is 11.5. The van der Waals surface area contributed by atoms with Crippen molar-refractivity contribution in [2.75, 3.05) is 25.9 Å². The van der Waals surface area contributed by atoms with Gasteiger partial charge in [-0.15, -0.1) is 12.4 Å². The summed E-state index contributed by atoms with van der Waals surface area (Å²) in [4.78, 5) is 11.5. The molecule has 1 fully saturated rings. The van der Waals surface area contributed by atoms with Crippen LogP contribution in [0.25, 0.3) is 0 Å². The first-order valence-electron chi connectivity index (χ1n) is 6.69. The molecule has 2 N–H and O–H groups in total. The summed E-state index contributed by atoms with van der Waals surface area (Å²) in [5.74, 6) is -0.164. The summed E-state index contributed by atoms with van der Waals surface area (Å²) in [5, 5.41) is 5.53. The van der Waals surface area contributed by atoms with Crippen LogP contribution in [0, 0.1) is 0 Å². The number of halogens is 1. The van der Waals surface area contributed by atoms with Gasteiger partial charge in [0.25, 0.3) is 0 Å². The van der Waals surface area contributed by atoms with Gasteiger partial charge in [-0.1, -0.05) is 12.8 Å². The third kappa shape index (κ3) is 7.13. The Hall–Kier alpha value is -0.330. The second kappa shape index (κ2) is 9.55. The van der Waals surface area contributed by atoms with Crippen molar-refractivity contribution < 1.29 is 13.2 Å². The van der Waals surface area contributed by atoms with Crippen molar-refractivity contribution in [3.63, 3.8) is 0 Å². The molecule has 0 bridgehead atoms. The topological polar surface area (TPSA) is 75.3 Å². The minimum Gasteiger partial charge on any atom is -0.356 e. The summed E-state index contributed by atoms with van der Waals surface area (Å²) >= 11 is 0. The van der Waals surface area contributed by atoms with Gasteiger partial charge < -0.3 is 10.6 Å². The Morgan fingerprint density at radius 1 is 1.21 bits per heavy atom. The minimum absolute atomic E-state index is 0. The van der Waals surface area contributed by atoms with Gasteiger partial charge in [0.05, 0.1) is 11.0 Å². The average molecular weight is 313 g/mol. The summed E-state index contributed by atoms with van der Waals surface area (Å²) < 4.78 is 23.8. The maximum absolute atomic E-state index is 11.9. The first-order chi connectivity index (χ1) is 8.56. The van der Waals surface area contributed by atoms with E-state index < -0.39 is 9.84 Å². The fourth-order valence-corrected chi connectivity index (χ4v) is 4.09. The number of carbonyl (C=O) groups is 1. The highest BCUT2D eigenvalue weighted by molar-refractivity contribution is 7.92. The molecular weight excluding hydrogens is 288 g/mol. The standard InChI is InChI=1S/C12H24N2O3S.ClH/c1-13-8-4-9-14-12(15)7-10-18(16,17)11-5-2-3-6-11;/h11,13H,2-10H2,1H3,(H,14,15);1H. The predicted octanol–water partition coefficient (Wildman–Crippen LogP) is 0.881. The lowest BCUT2D eigenvalue weighted by Crippen LogP contribution is -2.30. The Kier molecular flexibility index (Phi) is 9.39. The molecule has 0 saturated heterocycles. The van der Waals surface area contributed by atoms with Crippen LogP contribution >= 0.6 is 12.4 Å². The van der Waals surface area contributed by atoms with Gasteiger partial charge in [0.15, 0.2) is 9.84 Å². The summed E-state index contributed by atoms with van der Waals surface area (Å²) in [6.45, 7) is 1.45. The van der Waals surface area contributed by atoms with E-state index in [1.165, 1.54) is 0 Å². The predicted molar refractivity (Wildman–Crippen MR) is 79.5 cm³/mol. The summed E-state index contributed by atoms with van der Waals surface area (Å²) in [5.41, 5.74) is 0. The second-order valence-corrected chi connectivity index (χ2v) is 7.23. The van der Waals surface area contributed by atoms with Crippen LogP contribution in [-0.2, 0) is 14.6 Å². The number of hydrogen-bond donors (Lipinski definition) is 2. The average Bonchev–Trinajstić information content (AvgIpc) is 2.87. The van der Waals surface area contributed by atoms with Gasteiger partial charge >= 0.3 is 0 Å². The smallest absolute Gasteiger partial charge is 0.221 e. The molecule has 1 amide bonds. The molecule has 0 aromatic rings. The van der Waals surface area contributed by atoms with Crippen LogP contribution in [0.15, 0.2) is 0 Å². The Bertz CT molecular complexity index is 354. The molecule has 19 heavy (non-hydrogen) atoms. The van der Waals surface area contributed by atoms with E-state index in [1.807, 2.05) is 7.05 Å². The normalized spacial score (nSPS) is 16.1. The molecular formula is C12H25ClN2O3S. The summed E-state index contributed by atoms with van der Waals surface area (Å²) in [7, 11) is -1.21. The molecule has 0 spiro atoms. The second-order valence-electron chi connectivity index (χ2n) is 4.83. The molecule has 1 aliphatic rings. The van der Waals surface area contributed by atoms with Crippen molar-refractivity contribution in [2.45, 2.75) is 43.8 Å². The summed E-state index contributed by atoms with van der Waals surface area (Å²) in [6, 6.07) is 0. The lowest BCUT2D eigenvalue weighted by molar-refractivity contribution is -0.120. The lowest BCUT2D eigenvalue weighted by atomic mass is 10.4. The molecule has 0 aliphatic heterocycles. The van der Waals surface area contributed by atoms with Gasteiger partial charge in [-0.05, 0) is 32.9 Å². The maximum atomic E-state index is 11.9. The van der Waals surface area contributed by atoms with E-state index in [0.717, 1.165) is 38.6 Å². The highest BCUT2D eigenvalue weighted by atomic mass is 35.5. The molecule has 0 aromatic carbocycles. The Labute approximate surface area is 122 Å². The molecule has 0 radical (unpaired) electrons. The molecule has 0 aromatic heterocycles. The molecule has 1 rings (SSSR count). The van der Waals surface area contributed by atoms with Crippen molar-refractivity contribution in [1.29, 1.82) is 0 Å². The van der Waals surface area contributed by atoms with Crippen LogP contribution in [0.3, 0.4) is 0 Å². The quantitative estimate of drug-likeness (QED) is 0.653.